The van der Waals surface area contributed by atoms with Crippen LogP contribution in [-0.4, -0.2) is 9.78 Å². The van der Waals surface area contributed by atoms with Crippen LogP contribution < -0.4 is 5.73 Å². The number of hydrogen-bond donors (Lipinski definition) is 1. The van der Waals surface area contributed by atoms with Crippen LogP contribution in [0.5, 0.6) is 0 Å². The predicted molar refractivity (Wildman–Crippen MR) is 87.7 cm³/mol. The monoisotopic (exact) mass is 329 g/mol. The van der Waals surface area contributed by atoms with Gasteiger partial charge in [0.05, 0.1) is 16.4 Å². The lowest BCUT2D eigenvalue weighted by molar-refractivity contribution is 0.628. The summed E-state index contributed by atoms with van der Waals surface area (Å²) in [7, 11) is 0. The summed E-state index contributed by atoms with van der Waals surface area (Å²) >= 11 is 13.9. The molecule has 0 bridgehead atoms. The largest absolute Gasteiger partial charge is 0.398 e. The zero-order valence-electron chi connectivity index (χ0n) is 11.5. The topological polar surface area (TPSA) is 43.8 Å². The summed E-state index contributed by atoms with van der Waals surface area (Å²) in [5, 5.41) is 5.94. The molecule has 108 valence electrons. The first kappa shape index (κ1) is 15.5. The maximum absolute atomic E-state index is 6.39. The summed E-state index contributed by atoms with van der Waals surface area (Å²) in [6, 6.07) is 5.54. The zero-order valence-corrected chi connectivity index (χ0v) is 13.8. The van der Waals surface area contributed by atoms with Gasteiger partial charge in [0.15, 0.2) is 0 Å². The van der Waals surface area contributed by atoms with Gasteiger partial charge in [-0.1, -0.05) is 30.1 Å². The molecule has 6 heteroatoms. The van der Waals surface area contributed by atoms with Crippen LogP contribution in [0, 0.1) is 0 Å². The molecule has 1 aromatic carbocycles. The van der Waals surface area contributed by atoms with Crippen molar-refractivity contribution in [1.29, 1.82) is 0 Å². The normalized spacial score (nSPS) is 11.0. The van der Waals surface area contributed by atoms with Crippen molar-refractivity contribution < 1.29 is 0 Å². The predicted octanol–water partition coefficient (Wildman–Crippen LogP) is 4.65. The lowest BCUT2D eigenvalue weighted by Gasteiger charge is -2.07. The summed E-state index contributed by atoms with van der Waals surface area (Å²) in [5.74, 6) is 0.742. The van der Waals surface area contributed by atoms with E-state index in [9.17, 15) is 0 Å². The Bertz CT molecular complexity index is 611. The van der Waals surface area contributed by atoms with Crippen molar-refractivity contribution in [2.45, 2.75) is 37.5 Å². The third kappa shape index (κ3) is 3.25. The number of aryl methyl sites for hydroxylation is 2. The molecule has 0 unspecified atom stereocenters. The van der Waals surface area contributed by atoms with E-state index >= 15 is 0 Å². The first-order chi connectivity index (χ1) is 9.56. The van der Waals surface area contributed by atoms with Gasteiger partial charge in [-0.15, -0.1) is 11.8 Å². The van der Waals surface area contributed by atoms with Gasteiger partial charge < -0.3 is 5.73 Å². The van der Waals surface area contributed by atoms with Crippen LogP contribution in [0.3, 0.4) is 0 Å². The molecule has 0 aliphatic rings. The molecule has 2 rings (SSSR count). The van der Waals surface area contributed by atoms with Crippen LogP contribution in [0.4, 0.5) is 5.69 Å². The fourth-order valence-electron chi connectivity index (χ4n) is 1.95. The number of thioether (sulfide) groups is 1. The molecule has 0 saturated carbocycles. The average Bonchev–Trinajstić information content (AvgIpc) is 2.74. The molecule has 20 heavy (non-hydrogen) atoms. The van der Waals surface area contributed by atoms with Crippen molar-refractivity contribution in [2.75, 3.05) is 5.73 Å². The molecular formula is C14H17Cl2N3S. The van der Waals surface area contributed by atoms with E-state index in [1.54, 1.807) is 17.8 Å². The molecular weight excluding hydrogens is 313 g/mol. The third-order valence-corrected chi connectivity index (χ3v) is 4.80. The van der Waals surface area contributed by atoms with Crippen molar-refractivity contribution >= 4 is 40.7 Å². The van der Waals surface area contributed by atoms with Gasteiger partial charge in [0.2, 0.25) is 0 Å². The lowest BCUT2D eigenvalue weighted by Crippen LogP contribution is -2.02. The number of hydrogen-bond acceptors (Lipinski definition) is 3. The van der Waals surface area contributed by atoms with Crippen LogP contribution >= 0.6 is 35.0 Å². The quantitative estimate of drug-likeness (QED) is 0.641. The fourth-order valence-corrected chi connectivity index (χ4v) is 3.52. The number of anilines is 1. The Morgan fingerprint density at radius 1 is 1.30 bits per heavy atom. The van der Waals surface area contributed by atoms with Gasteiger partial charge in [0, 0.05) is 27.9 Å². The minimum Gasteiger partial charge on any atom is -0.398 e. The number of halogens is 2. The summed E-state index contributed by atoms with van der Waals surface area (Å²) in [6.07, 6.45) is 0.840. The molecule has 1 heterocycles. The standard InChI is InChI=1S/C14H17Cl2N3S/c1-3-11-14(16)12(19(4-2)18-11)8-20-13-6-5-9(15)7-10(13)17/h5-7H,3-4,8,17H2,1-2H3. The molecule has 1 aromatic heterocycles. The lowest BCUT2D eigenvalue weighted by atomic mass is 10.3. The second-order valence-corrected chi connectivity index (χ2v) is 6.18. The second-order valence-electron chi connectivity index (χ2n) is 4.35. The van der Waals surface area contributed by atoms with Crippen LogP contribution in [0.2, 0.25) is 10.0 Å². The maximum Gasteiger partial charge on any atom is 0.0858 e. The van der Waals surface area contributed by atoms with E-state index in [0.717, 1.165) is 40.0 Å². The summed E-state index contributed by atoms with van der Waals surface area (Å²) in [4.78, 5) is 1.01. The van der Waals surface area contributed by atoms with Gasteiger partial charge in [0.25, 0.3) is 0 Å². The van der Waals surface area contributed by atoms with E-state index < -0.39 is 0 Å². The van der Waals surface area contributed by atoms with E-state index in [1.165, 1.54) is 0 Å². The van der Waals surface area contributed by atoms with Crippen molar-refractivity contribution in [3.63, 3.8) is 0 Å². The zero-order chi connectivity index (χ0) is 14.7. The van der Waals surface area contributed by atoms with Crippen molar-refractivity contribution in [1.82, 2.24) is 9.78 Å². The Kier molecular flexibility index (Phi) is 5.24. The van der Waals surface area contributed by atoms with E-state index in [2.05, 4.69) is 18.9 Å². The van der Waals surface area contributed by atoms with E-state index in [1.807, 2.05) is 16.8 Å². The van der Waals surface area contributed by atoms with E-state index in [-0.39, 0.29) is 0 Å². The van der Waals surface area contributed by atoms with Crippen LogP contribution in [0.15, 0.2) is 23.1 Å². The van der Waals surface area contributed by atoms with Crippen LogP contribution in [0.1, 0.15) is 25.2 Å². The molecule has 0 atom stereocenters. The third-order valence-electron chi connectivity index (χ3n) is 3.03. The van der Waals surface area contributed by atoms with Crippen molar-refractivity contribution in [2.24, 2.45) is 0 Å². The van der Waals surface area contributed by atoms with E-state index in [4.69, 9.17) is 28.9 Å². The molecule has 3 nitrogen and oxygen atoms in total. The highest BCUT2D eigenvalue weighted by molar-refractivity contribution is 7.98. The van der Waals surface area contributed by atoms with Crippen molar-refractivity contribution in [3.8, 4) is 0 Å². The molecule has 0 fully saturated rings. The minimum absolute atomic E-state index is 0.650. The number of nitrogen functional groups attached to an aromatic ring is 1. The Morgan fingerprint density at radius 3 is 2.65 bits per heavy atom. The number of rotatable bonds is 5. The highest BCUT2D eigenvalue weighted by Crippen LogP contribution is 2.33. The van der Waals surface area contributed by atoms with Gasteiger partial charge in [-0.2, -0.15) is 5.10 Å². The molecule has 2 aromatic rings. The molecule has 0 aliphatic carbocycles. The maximum atomic E-state index is 6.39. The highest BCUT2D eigenvalue weighted by Gasteiger charge is 2.14. The minimum atomic E-state index is 0.650. The Balaban J connectivity index is 2.20. The van der Waals surface area contributed by atoms with Crippen molar-refractivity contribution in [3.05, 3.63) is 39.6 Å². The smallest absolute Gasteiger partial charge is 0.0858 e. The van der Waals surface area contributed by atoms with Gasteiger partial charge in [-0.05, 0) is 31.5 Å². The molecule has 0 aliphatic heterocycles. The fraction of sp³-hybridized carbons (Fsp3) is 0.357. The van der Waals surface area contributed by atoms with Gasteiger partial charge in [-0.25, -0.2) is 0 Å². The molecule has 0 spiro atoms. The van der Waals surface area contributed by atoms with Gasteiger partial charge in [-0.3, -0.25) is 4.68 Å². The van der Waals surface area contributed by atoms with Gasteiger partial charge >= 0.3 is 0 Å². The first-order valence-electron chi connectivity index (χ1n) is 6.48. The van der Waals surface area contributed by atoms with Crippen LogP contribution in [-0.2, 0) is 18.7 Å². The number of aromatic nitrogens is 2. The van der Waals surface area contributed by atoms with Gasteiger partial charge in [0.1, 0.15) is 0 Å². The Morgan fingerprint density at radius 2 is 2.05 bits per heavy atom. The number of nitrogens with two attached hydrogens (primary N) is 1. The average molecular weight is 330 g/mol. The van der Waals surface area contributed by atoms with Crippen LogP contribution in [0.25, 0.3) is 0 Å². The number of benzene rings is 1. The summed E-state index contributed by atoms with van der Waals surface area (Å²) < 4.78 is 1.96. The number of nitrogens with zero attached hydrogens (tertiary/aromatic N) is 2. The summed E-state index contributed by atoms with van der Waals surface area (Å²) in [6.45, 7) is 4.93. The molecule has 0 radical (unpaired) electrons. The molecule has 0 saturated heterocycles. The van der Waals surface area contributed by atoms with E-state index in [0.29, 0.717) is 10.7 Å². The molecule has 0 amide bonds. The Labute approximate surface area is 133 Å². The second kappa shape index (κ2) is 6.74. The summed E-state index contributed by atoms with van der Waals surface area (Å²) in [5.41, 5.74) is 8.66. The highest BCUT2D eigenvalue weighted by atomic mass is 35.5. The SMILES string of the molecule is CCc1nn(CC)c(CSc2ccc(Cl)cc2N)c1Cl. The Hall–Kier alpha value is -0.840. The first-order valence-corrected chi connectivity index (χ1v) is 8.22. The molecule has 2 N–H and O–H groups in total.